The van der Waals surface area contributed by atoms with Crippen molar-refractivity contribution in [3.05, 3.63) is 83.9 Å². The summed E-state index contributed by atoms with van der Waals surface area (Å²) in [6.45, 7) is 0.528. The van der Waals surface area contributed by atoms with Gasteiger partial charge < -0.3 is 4.74 Å². The first kappa shape index (κ1) is 16.5. The number of carbonyl (C=O) groups is 1. The van der Waals surface area contributed by atoms with E-state index in [4.69, 9.17) is 4.74 Å². The molecule has 1 saturated heterocycles. The van der Waals surface area contributed by atoms with Crippen LogP contribution in [0.3, 0.4) is 0 Å². The molecular formula is C22H24O2. The molecule has 1 fully saturated rings. The Morgan fingerprint density at radius 3 is 2.25 bits per heavy atom. The SMILES string of the molecule is O=C1OCC[C@]1(/C=C/CCCc1ccccc1)Cc1ccccc1. The minimum Gasteiger partial charge on any atom is -0.465 e. The van der Waals surface area contributed by atoms with E-state index in [9.17, 15) is 4.79 Å². The molecule has 24 heavy (non-hydrogen) atoms. The quantitative estimate of drug-likeness (QED) is 0.418. The van der Waals surface area contributed by atoms with Crippen LogP contribution in [0.2, 0.25) is 0 Å². The number of aryl methyl sites for hydroxylation is 1. The third-order valence-corrected chi connectivity index (χ3v) is 4.67. The highest BCUT2D eigenvalue weighted by Crippen LogP contribution is 2.35. The summed E-state index contributed by atoms with van der Waals surface area (Å²) in [5, 5.41) is 0. The van der Waals surface area contributed by atoms with E-state index in [1.54, 1.807) is 0 Å². The molecule has 0 aromatic heterocycles. The number of ether oxygens (including phenoxy) is 1. The summed E-state index contributed by atoms with van der Waals surface area (Å²) in [4.78, 5) is 12.3. The zero-order chi connectivity index (χ0) is 16.7. The highest BCUT2D eigenvalue weighted by Gasteiger charge is 2.42. The van der Waals surface area contributed by atoms with Gasteiger partial charge >= 0.3 is 5.97 Å². The summed E-state index contributed by atoms with van der Waals surface area (Å²) in [6, 6.07) is 20.7. The van der Waals surface area contributed by atoms with Crippen molar-refractivity contribution in [3.8, 4) is 0 Å². The molecule has 1 aliphatic rings. The summed E-state index contributed by atoms with van der Waals surface area (Å²) in [7, 11) is 0. The van der Waals surface area contributed by atoms with Crippen LogP contribution in [0, 0.1) is 5.41 Å². The first-order chi connectivity index (χ1) is 11.8. The zero-order valence-corrected chi connectivity index (χ0v) is 14.0. The molecule has 0 amide bonds. The van der Waals surface area contributed by atoms with Crippen LogP contribution in [0.25, 0.3) is 0 Å². The highest BCUT2D eigenvalue weighted by molar-refractivity contribution is 5.81. The summed E-state index contributed by atoms with van der Waals surface area (Å²) in [6.07, 6.45) is 8.91. The molecule has 0 aliphatic carbocycles. The van der Waals surface area contributed by atoms with Gasteiger partial charge in [0.2, 0.25) is 0 Å². The monoisotopic (exact) mass is 320 g/mol. The fourth-order valence-corrected chi connectivity index (χ4v) is 3.28. The Morgan fingerprint density at radius 2 is 1.62 bits per heavy atom. The van der Waals surface area contributed by atoms with E-state index in [2.05, 4.69) is 48.6 Å². The second kappa shape index (κ2) is 7.96. The number of esters is 1. The maximum Gasteiger partial charge on any atom is 0.316 e. The Morgan fingerprint density at radius 1 is 0.958 bits per heavy atom. The average molecular weight is 320 g/mol. The average Bonchev–Trinajstić information content (AvgIpc) is 2.97. The van der Waals surface area contributed by atoms with Crippen molar-refractivity contribution < 1.29 is 9.53 Å². The van der Waals surface area contributed by atoms with Crippen LogP contribution in [-0.4, -0.2) is 12.6 Å². The number of cyclic esters (lactones) is 1. The molecule has 1 heterocycles. The zero-order valence-electron chi connectivity index (χ0n) is 14.0. The number of benzene rings is 2. The van der Waals surface area contributed by atoms with Gasteiger partial charge in [-0.1, -0.05) is 72.8 Å². The van der Waals surface area contributed by atoms with Gasteiger partial charge in [-0.25, -0.2) is 0 Å². The van der Waals surface area contributed by atoms with Crippen molar-refractivity contribution in [2.75, 3.05) is 6.61 Å². The molecule has 1 atom stereocenters. The Bertz CT molecular complexity index is 676. The molecule has 3 rings (SSSR count). The molecule has 1 aliphatic heterocycles. The topological polar surface area (TPSA) is 26.3 Å². The van der Waals surface area contributed by atoms with Crippen molar-refractivity contribution in [1.82, 2.24) is 0 Å². The highest BCUT2D eigenvalue weighted by atomic mass is 16.5. The molecule has 0 radical (unpaired) electrons. The standard InChI is InChI=1S/C22H24O2/c23-21-22(16-17-24-21,18-20-13-6-2-7-14-20)15-9-3-8-12-19-10-4-1-5-11-19/h1-2,4-7,9-11,13-15H,3,8,12,16-18H2/b15-9+/t22-/m1/s1. The van der Waals surface area contributed by atoms with Gasteiger partial charge in [0.25, 0.3) is 0 Å². The predicted octanol–water partition coefficient (Wildman–Crippen LogP) is 4.74. The fraction of sp³-hybridized carbons (Fsp3) is 0.318. The third kappa shape index (κ3) is 4.14. The Hall–Kier alpha value is -2.35. The van der Waals surface area contributed by atoms with Crippen LogP contribution in [-0.2, 0) is 22.4 Å². The number of hydrogen-bond acceptors (Lipinski definition) is 2. The van der Waals surface area contributed by atoms with Crippen molar-refractivity contribution in [2.24, 2.45) is 5.41 Å². The molecule has 124 valence electrons. The van der Waals surface area contributed by atoms with Crippen molar-refractivity contribution in [2.45, 2.75) is 32.1 Å². The second-order valence-electron chi connectivity index (χ2n) is 6.48. The second-order valence-corrected chi connectivity index (χ2v) is 6.48. The maximum absolute atomic E-state index is 12.3. The summed E-state index contributed by atoms with van der Waals surface area (Å²) in [5.41, 5.74) is 2.07. The maximum atomic E-state index is 12.3. The molecule has 0 N–H and O–H groups in total. The Balaban J connectivity index is 1.59. The lowest BCUT2D eigenvalue weighted by Crippen LogP contribution is -2.26. The van der Waals surface area contributed by atoms with E-state index in [1.807, 2.05) is 24.3 Å². The van der Waals surface area contributed by atoms with Gasteiger partial charge in [-0.05, 0) is 36.8 Å². The summed E-state index contributed by atoms with van der Waals surface area (Å²) < 4.78 is 5.28. The van der Waals surface area contributed by atoms with E-state index in [0.717, 1.165) is 32.1 Å². The lowest BCUT2D eigenvalue weighted by atomic mass is 9.79. The molecule has 2 heteroatoms. The van der Waals surface area contributed by atoms with Gasteiger partial charge in [0.05, 0.1) is 12.0 Å². The molecule has 2 aromatic rings. The van der Waals surface area contributed by atoms with Crippen LogP contribution >= 0.6 is 0 Å². The number of allylic oxidation sites excluding steroid dienone is 1. The molecule has 2 aromatic carbocycles. The molecule has 0 spiro atoms. The Labute approximate surface area is 144 Å². The first-order valence-corrected chi connectivity index (χ1v) is 8.71. The number of unbranched alkanes of at least 4 members (excludes halogenated alkanes) is 1. The lowest BCUT2D eigenvalue weighted by Gasteiger charge is -2.20. The lowest BCUT2D eigenvalue weighted by molar-refractivity contribution is -0.144. The van der Waals surface area contributed by atoms with Gasteiger partial charge in [0.15, 0.2) is 0 Å². The third-order valence-electron chi connectivity index (χ3n) is 4.67. The van der Waals surface area contributed by atoms with Crippen molar-refractivity contribution >= 4 is 5.97 Å². The molecule has 0 saturated carbocycles. The van der Waals surface area contributed by atoms with E-state index in [0.29, 0.717) is 6.61 Å². The van der Waals surface area contributed by atoms with Gasteiger partial charge in [-0.2, -0.15) is 0 Å². The van der Waals surface area contributed by atoms with Gasteiger partial charge in [-0.15, -0.1) is 0 Å². The predicted molar refractivity (Wildman–Crippen MR) is 96.7 cm³/mol. The van der Waals surface area contributed by atoms with Gasteiger partial charge in [-0.3, -0.25) is 4.79 Å². The first-order valence-electron chi connectivity index (χ1n) is 8.71. The fourth-order valence-electron chi connectivity index (χ4n) is 3.28. The van der Waals surface area contributed by atoms with Crippen molar-refractivity contribution in [1.29, 1.82) is 0 Å². The smallest absolute Gasteiger partial charge is 0.316 e. The molecular weight excluding hydrogens is 296 g/mol. The van der Waals surface area contributed by atoms with Crippen LogP contribution < -0.4 is 0 Å². The molecule has 0 unspecified atom stereocenters. The normalized spacial score (nSPS) is 20.4. The largest absolute Gasteiger partial charge is 0.465 e. The van der Waals surface area contributed by atoms with E-state index >= 15 is 0 Å². The van der Waals surface area contributed by atoms with Crippen LogP contribution in [0.4, 0.5) is 0 Å². The number of rotatable bonds is 7. The number of carbonyl (C=O) groups excluding carboxylic acids is 1. The summed E-state index contributed by atoms with van der Waals surface area (Å²) in [5.74, 6) is -0.0781. The molecule has 0 bridgehead atoms. The van der Waals surface area contributed by atoms with Gasteiger partial charge in [0, 0.05) is 6.42 Å². The van der Waals surface area contributed by atoms with E-state index < -0.39 is 5.41 Å². The minimum absolute atomic E-state index is 0.0781. The summed E-state index contributed by atoms with van der Waals surface area (Å²) >= 11 is 0. The van der Waals surface area contributed by atoms with Crippen LogP contribution in [0.1, 0.15) is 30.4 Å². The Kier molecular flexibility index (Phi) is 5.47. The van der Waals surface area contributed by atoms with Crippen LogP contribution in [0.15, 0.2) is 72.8 Å². The van der Waals surface area contributed by atoms with Crippen molar-refractivity contribution in [3.63, 3.8) is 0 Å². The minimum atomic E-state index is -0.478. The van der Waals surface area contributed by atoms with Crippen LogP contribution in [0.5, 0.6) is 0 Å². The molecule has 2 nitrogen and oxygen atoms in total. The van der Waals surface area contributed by atoms with Gasteiger partial charge in [0.1, 0.15) is 0 Å². The van der Waals surface area contributed by atoms with E-state index in [1.165, 1.54) is 11.1 Å². The van der Waals surface area contributed by atoms with E-state index in [-0.39, 0.29) is 5.97 Å². The number of hydrogen-bond donors (Lipinski definition) is 0.